The number of quaternary nitrogens is 5. The van der Waals surface area contributed by atoms with Crippen molar-refractivity contribution in [1.29, 1.82) is 0 Å². The molecular weight excluding hydrogens is 1420 g/mol. The van der Waals surface area contributed by atoms with Gasteiger partial charge in [-0.2, -0.15) is 0 Å². The molecule has 0 amide bonds. The minimum atomic E-state index is 0. The number of hydrogen-bond acceptors (Lipinski definition) is 17. The van der Waals surface area contributed by atoms with Gasteiger partial charge in [0.2, 0.25) is 0 Å². The SMILES string of the molecule is Cc1ccc2c(N)c(OCCN3CCC([N+](C)(C)C)C3)nn2c1C.Cc1ccc2c(N)c(OCC[N+](C)(C)C)nn2c1C.Cc1ccc2c(N)c(OCC[N+]3(C)CCCC3)nn2c1C.Cc1ccc2c(N)c(OCC[N+]3(C)CCCCC3)nn2c1C.Cc1ccc2c(N)c(OCC[N+]3(C)CCOCC3)nn2c1C.[CH3-].[CH3-].[CH3-].[CH3-].[CH3-]. The second kappa shape index (κ2) is 40.0. The number of aromatic nitrogens is 10. The molecule has 0 spiro atoms. The third kappa shape index (κ3) is 23.0. The number of rotatable bonds is 21. The molecule has 14 heterocycles. The summed E-state index contributed by atoms with van der Waals surface area (Å²) in [6.45, 7) is 39.6. The molecule has 4 fully saturated rings. The van der Waals surface area contributed by atoms with Crippen LogP contribution in [0.5, 0.6) is 29.4 Å². The monoisotopic (exact) mass is 1570 g/mol. The number of morpholine rings is 1. The number of fused-ring (bicyclic) bond motifs is 5. The smallest absolute Gasteiger partial charge is 0.257 e. The van der Waals surface area contributed by atoms with Crippen LogP contribution in [0.15, 0.2) is 60.7 Å². The zero-order valence-corrected chi connectivity index (χ0v) is 73.7. The molecule has 4 saturated heterocycles. The molecule has 27 heteroatoms. The predicted octanol–water partition coefficient (Wildman–Crippen LogP) is 11.6. The topological polar surface area (TPSA) is 275 Å². The van der Waals surface area contributed by atoms with Gasteiger partial charge in [-0.1, -0.05) is 30.3 Å². The third-order valence-electron chi connectivity index (χ3n) is 23.2. The highest BCUT2D eigenvalue weighted by atomic mass is 16.5. The number of likely N-dealkylation sites (N-methyl/N-ethyl adjacent to an activating group) is 5. The van der Waals surface area contributed by atoms with Crippen molar-refractivity contribution in [2.75, 3.05) is 223 Å². The van der Waals surface area contributed by atoms with Crippen LogP contribution in [0.1, 0.15) is 94.8 Å². The van der Waals surface area contributed by atoms with E-state index in [0.29, 0.717) is 96.9 Å². The third-order valence-corrected chi connectivity index (χ3v) is 23.2. The normalized spacial score (nSPS) is 16.3. The lowest BCUT2D eigenvalue weighted by molar-refractivity contribution is -0.916. The summed E-state index contributed by atoms with van der Waals surface area (Å²) in [5.74, 6) is 2.74. The number of nitrogens with two attached hydrogens (primary N) is 5. The zero-order chi connectivity index (χ0) is 78.2. The first-order chi connectivity index (χ1) is 51.1. The molecule has 14 rings (SSSR count). The first-order valence-corrected chi connectivity index (χ1v) is 38.9. The first kappa shape index (κ1) is 94.8. The van der Waals surface area contributed by atoms with Crippen molar-refractivity contribution >= 4 is 56.0 Å². The number of aryl methyl sites for hydroxylation is 10. The van der Waals surface area contributed by atoms with Crippen LogP contribution < -0.4 is 52.4 Å². The molecule has 27 nitrogen and oxygen atoms in total. The molecule has 0 aliphatic carbocycles. The number of anilines is 5. The second-order valence-electron chi connectivity index (χ2n) is 33.5. The Hall–Kier alpha value is -8.83. The van der Waals surface area contributed by atoms with E-state index in [0.717, 1.165) is 151 Å². The average Bonchev–Trinajstić information content (AvgIpc) is 1.67. The first-order valence-electron chi connectivity index (χ1n) is 38.9. The van der Waals surface area contributed by atoms with Crippen LogP contribution in [0.2, 0.25) is 0 Å². The Morgan fingerprint density at radius 2 is 0.646 bits per heavy atom. The van der Waals surface area contributed by atoms with Crippen molar-refractivity contribution in [3.05, 3.63) is 154 Å². The van der Waals surface area contributed by atoms with Gasteiger partial charge in [-0.05, 0) is 147 Å². The molecule has 10 aromatic rings. The molecule has 0 aromatic carbocycles. The van der Waals surface area contributed by atoms with Crippen molar-refractivity contribution in [3.8, 4) is 29.4 Å². The average molecular weight is 1570 g/mol. The summed E-state index contributed by atoms with van der Waals surface area (Å²) in [6.07, 6.45) is 7.92. The van der Waals surface area contributed by atoms with Gasteiger partial charge in [0.15, 0.2) is 0 Å². The lowest BCUT2D eigenvalue weighted by atomic mass is 10.1. The number of nitrogen functional groups attached to an aromatic ring is 5. The highest BCUT2D eigenvalue weighted by Crippen LogP contribution is 2.33. The van der Waals surface area contributed by atoms with Gasteiger partial charge in [-0.3, -0.25) is 4.90 Å². The van der Waals surface area contributed by atoms with E-state index in [9.17, 15) is 0 Å². The molecule has 630 valence electrons. The van der Waals surface area contributed by atoms with Crippen molar-refractivity contribution in [2.45, 2.75) is 114 Å². The maximum Gasteiger partial charge on any atom is 0.257 e. The van der Waals surface area contributed by atoms with Gasteiger partial charge in [-0.25, -0.2) is 22.6 Å². The quantitative estimate of drug-likeness (QED) is 0.0330. The molecule has 0 radical (unpaired) electrons. The predicted molar refractivity (Wildman–Crippen MR) is 467 cm³/mol. The van der Waals surface area contributed by atoms with Gasteiger partial charge in [-0.15, -0.1) is 25.5 Å². The second-order valence-corrected chi connectivity index (χ2v) is 33.5. The van der Waals surface area contributed by atoms with Crippen molar-refractivity contribution in [2.24, 2.45) is 0 Å². The van der Waals surface area contributed by atoms with Gasteiger partial charge < -0.3 is 117 Å². The van der Waals surface area contributed by atoms with E-state index >= 15 is 0 Å². The van der Waals surface area contributed by atoms with Crippen LogP contribution in [-0.4, -0.2) is 276 Å². The highest BCUT2D eigenvalue weighted by Gasteiger charge is 2.33. The van der Waals surface area contributed by atoms with Gasteiger partial charge in [0.1, 0.15) is 107 Å². The Morgan fingerprint density at radius 1 is 0.381 bits per heavy atom. The fraction of sp³-hybridized carbons (Fsp3) is 0.535. The van der Waals surface area contributed by atoms with E-state index in [1.807, 2.05) is 73.7 Å². The minimum absolute atomic E-state index is 0. The van der Waals surface area contributed by atoms with Crippen LogP contribution >= 0.6 is 0 Å². The molecule has 1 unspecified atom stereocenters. The summed E-state index contributed by atoms with van der Waals surface area (Å²) in [7, 11) is 20.1. The van der Waals surface area contributed by atoms with E-state index in [-0.39, 0.29) is 37.1 Å². The molecule has 10 N–H and O–H groups in total. The molecule has 4 aliphatic heterocycles. The van der Waals surface area contributed by atoms with E-state index in [1.165, 1.54) is 92.5 Å². The van der Waals surface area contributed by atoms with Crippen LogP contribution in [0.25, 0.3) is 27.6 Å². The Labute approximate surface area is 677 Å². The van der Waals surface area contributed by atoms with Gasteiger partial charge in [0, 0.05) is 60.8 Å². The summed E-state index contributed by atoms with van der Waals surface area (Å²) in [6, 6.07) is 21.0. The lowest BCUT2D eigenvalue weighted by Gasteiger charge is -2.37. The highest BCUT2D eigenvalue weighted by molar-refractivity contribution is 5.78. The summed E-state index contributed by atoms with van der Waals surface area (Å²) in [5.41, 5.74) is 50.0. The number of piperidine rings is 1. The Kier molecular flexibility index (Phi) is 33.5. The van der Waals surface area contributed by atoms with Crippen molar-refractivity contribution in [3.63, 3.8) is 0 Å². The summed E-state index contributed by atoms with van der Waals surface area (Å²) in [5, 5.41) is 22.6. The number of ether oxygens (including phenoxy) is 6. The number of likely N-dealkylation sites (tertiary alicyclic amines) is 3. The Morgan fingerprint density at radius 3 is 0.920 bits per heavy atom. The Balaban J connectivity index is 0.000000250. The largest absolute Gasteiger partial charge is 0.474 e. The number of pyridine rings is 5. The standard InChI is InChI=1S/C18H30N5O.C17H27N4O.C16H25N4O2.C16H25N4O.C14H23N4O.5CH3/c1-13-6-7-16-17(19)18(20-22(16)14(13)2)24-11-10-21-9-8-15(12-21)23(3,4)5;1-13-7-8-15-16(18)17(19-20(15)14(13)2)22-12-11-21(3)9-5-4-6-10-21;1-12-4-5-14-15(17)16(18-19(14)13(12)2)22-11-8-20(3)6-9-21-10-7-20;1-12-6-7-14-15(17)16(18-19(14)13(12)2)21-11-10-20(3)8-4-5-9-20;1-10-6-7-12-13(15)14(16-17(12)11(10)2)19-9-8-18(3,4)5;;;;;/h6-7,15H,8-12,19H2,1-5H3;7-8H,4-6,9-12,18H2,1-3H3;4-5H,6-11,17H2,1-3H3;6-7H,4-5,8-11,17H2,1-3H3;6-7H,8-9,15H2,1-5H3;5*1H3/q5*+1;5*-1. The molecule has 0 bridgehead atoms. The summed E-state index contributed by atoms with van der Waals surface area (Å²) >= 11 is 0. The van der Waals surface area contributed by atoms with Gasteiger partial charge in [0.25, 0.3) is 29.4 Å². The summed E-state index contributed by atoms with van der Waals surface area (Å²) in [4.78, 5) is 2.47. The number of hydrogen-bond donors (Lipinski definition) is 5. The van der Waals surface area contributed by atoms with E-state index in [1.54, 1.807) is 0 Å². The van der Waals surface area contributed by atoms with Gasteiger partial charge in [0.05, 0.1) is 137 Å². The lowest BCUT2D eigenvalue weighted by Crippen LogP contribution is -2.53. The maximum atomic E-state index is 6.21. The van der Waals surface area contributed by atoms with Crippen molar-refractivity contribution in [1.82, 2.24) is 53.0 Å². The molecular formula is C86H145N21O6. The fourth-order valence-electron chi connectivity index (χ4n) is 14.4. The molecule has 1 atom stereocenters. The summed E-state index contributed by atoms with van der Waals surface area (Å²) < 4.78 is 49.1. The van der Waals surface area contributed by atoms with Crippen LogP contribution in [0, 0.1) is 106 Å². The van der Waals surface area contributed by atoms with E-state index in [4.69, 9.17) is 57.1 Å². The molecule has 0 saturated carbocycles. The van der Waals surface area contributed by atoms with Crippen molar-refractivity contribution < 1.29 is 50.8 Å². The van der Waals surface area contributed by atoms with Gasteiger partial charge >= 0.3 is 0 Å². The maximum absolute atomic E-state index is 6.21. The molecule has 4 aliphatic rings. The zero-order valence-electron chi connectivity index (χ0n) is 73.7. The molecule has 10 aromatic heterocycles. The van der Waals surface area contributed by atoms with E-state index < -0.39 is 0 Å². The number of nitrogens with zero attached hydrogens (tertiary/aromatic N) is 16. The Bertz CT molecular complexity index is 4570. The van der Waals surface area contributed by atoms with Crippen LogP contribution in [0.3, 0.4) is 0 Å². The van der Waals surface area contributed by atoms with E-state index in [2.05, 4.69) is 173 Å². The van der Waals surface area contributed by atoms with Crippen LogP contribution in [-0.2, 0) is 4.74 Å². The van der Waals surface area contributed by atoms with Crippen LogP contribution in [0.4, 0.5) is 28.4 Å². The minimum Gasteiger partial charge on any atom is -0.474 e. The fourth-order valence-corrected chi connectivity index (χ4v) is 14.4. The molecule has 113 heavy (non-hydrogen) atoms.